The molecule has 1 atom stereocenters. The minimum atomic E-state index is -0.511. The van der Waals surface area contributed by atoms with Gasteiger partial charge in [-0.1, -0.05) is 0 Å². The lowest BCUT2D eigenvalue weighted by Gasteiger charge is -2.48. The number of hydrogen-bond donors (Lipinski definition) is 0. The van der Waals surface area contributed by atoms with Gasteiger partial charge in [0.05, 0.1) is 22.3 Å². The van der Waals surface area contributed by atoms with Crippen LogP contribution in [0.1, 0.15) is 20.8 Å². The zero-order valence-corrected chi connectivity index (χ0v) is 15.1. The number of piperazine rings is 1. The summed E-state index contributed by atoms with van der Waals surface area (Å²) in [6.45, 7) is 8.12. The second kappa shape index (κ2) is 6.09. The van der Waals surface area contributed by atoms with Crippen LogP contribution in [0.15, 0.2) is 18.2 Å². The molecule has 0 bridgehead atoms. The Morgan fingerprint density at radius 1 is 1.24 bits per heavy atom. The molecule has 2 heterocycles. The first-order chi connectivity index (χ1) is 11.7. The number of anilines is 2. The molecule has 8 nitrogen and oxygen atoms in total. The Bertz CT molecular complexity index is 700. The van der Waals surface area contributed by atoms with E-state index in [1.165, 1.54) is 6.07 Å². The molecular formula is C17H24N4O4. The molecule has 1 unspecified atom stereocenters. The molecule has 0 saturated carbocycles. The van der Waals surface area contributed by atoms with E-state index in [1.54, 1.807) is 17.0 Å². The van der Waals surface area contributed by atoms with Crippen molar-refractivity contribution in [1.29, 1.82) is 0 Å². The number of nitrogens with zero attached hydrogens (tertiary/aromatic N) is 4. The Kier molecular flexibility index (Phi) is 4.22. The first kappa shape index (κ1) is 17.3. The SMILES string of the molecule is CN1CC2CN(C(=O)OC(C)(C)C)CCN2c2ccc([N+](=O)[O-])cc21. The predicted molar refractivity (Wildman–Crippen MR) is 95.3 cm³/mol. The molecule has 0 spiro atoms. The van der Waals surface area contributed by atoms with E-state index in [0.29, 0.717) is 26.2 Å². The quantitative estimate of drug-likeness (QED) is 0.573. The van der Waals surface area contributed by atoms with Gasteiger partial charge >= 0.3 is 6.09 Å². The average Bonchev–Trinajstić information content (AvgIpc) is 2.52. The Morgan fingerprint density at radius 2 is 1.96 bits per heavy atom. The van der Waals surface area contributed by atoms with Gasteiger partial charge in [-0.3, -0.25) is 10.1 Å². The monoisotopic (exact) mass is 348 g/mol. The fourth-order valence-corrected chi connectivity index (χ4v) is 3.41. The molecule has 1 aromatic carbocycles. The fourth-order valence-electron chi connectivity index (χ4n) is 3.41. The standard InChI is InChI=1S/C17H24N4O4/c1-17(2,3)25-16(22)19-7-8-20-13(11-19)10-18(4)15-9-12(21(23)24)5-6-14(15)20/h5-6,9,13H,7-8,10-11H2,1-4H3. The molecule has 8 heteroatoms. The smallest absolute Gasteiger partial charge is 0.410 e. The molecule has 0 aromatic heterocycles. The van der Waals surface area contributed by atoms with Crippen LogP contribution in [0.3, 0.4) is 0 Å². The summed E-state index contributed by atoms with van der Waals surface area (Å²) in [6.07, 6.45) is -0.288. The van der Waals surface area contributed by atoms with Crippen molar-refractivity contribution in [2.75, 3.05) is 43.0 Å². The van der Waals surface area contributed by atoms with Gasteiger partial charge in [0, 0.05) is 45.4 Å². The van der Waals surface area contributed by atoms with Crippen molar-refractivity contribution in [2.45, 2.75) is 32.4 Å². The molecule has 1 fully saturated rings. The number of hydrogen-bond acceptors (Lipinski definition) is 6. The number of ether oxygens (including phenoxy) is 1. The van der Waals surface area contributed by atoms with Gasteiger partial charge in [0.1, 0.15) is 5.60 Å². The molecule has 136 valence electrons. The van der Waals surface area contributed by atoms with Crippen LogP contribution in [0, 0.1) is 10.1 Å². The number of carbonyl (C=O) groups excluding carboxylic acids is 1. The molecular weight excluding hydrogens is 324 g/mol. The normalized spacial score (nSPS) is 20.0. The summed E-state index contributed by atoms with van der Waals surface area (Å²) in [5.74, 6) is 0. The van der Waals surface area contributed by atoms with Crippen LogP contribution in [-0.2, 0) is 4.74 Å². The molecule has 2 aliphatic rings. The van der Waals surface area contributed by atoms with Gasteiger partial charge < -0.3 is 19.4 Å². The number of nitro groups is 1. The third-order valence-corrected chi connectivity index (χ3v) is 4.51. The second-order valence-electron chi connectivity index (χ2n) is 7.58. The van der Waals surface area contributed by atoms with E-state index in [0.717, 1.165) is 11.4 Å². The first-order valence-electron chi connectivity index (χ1n) is 8.40. The summed E-state index contributed by atoms with van der Waals surface area (Å²) < 4.78 is 5.48. The molecule has 3 rings (SSSR count). The van der Waals surface area contributed by atoms with Gasteiger partial charge in [-0.05, 0) is 26.8 Å². The summed E-state index contributed by atoms with van der Waals surface area (Å²) in [6, 6.07) is 5.10. The highest BCUT2D eigenvalue weighted by Gasteiger charge is 2.37. The van der Waals surface area contributed by atoms with Crippen LogP contribution < -0.4 is 9.80 Å². The van der Waals surface area contributed by atoms with Crippen molar-refractivity contribution < 1.29 is 14.5 Å². The molecule has 1 aromatic rings. The third-order valence-electron chi connectivity index (χ3n) is 4.51. The van der Waals surface area contributed by atoms with Gasteiger partial charge in [-0.2, -0.15) is 0 Å². The summed E-state index contributed by atoms with van der Waals surface area (Å²) in [7, 11) is 1.92. The van der Waals surface area contributed by atoms with Crippen LogP contribution in [0.5, 0.6) is 0 Å². The molecule has 1 saturated heterocycles. The van der Waals surface area contributed by atoms with E-state index in [2.05, 4.69) is 4.90 Å². The van der Waals surface area contributed by atoms with Gasteiger partial charge in [0.25, 0.3) is 5.69 Å². The highest BCUT2D eigenvalue weighted by Crippen LogP contribution is 2.38. The van der Waals surface area contributed by atoms with Crippen LogP contribution in [0.4, 0.5) is 21.9 Å². The summed E-state index contributed by atoms with van der Waals surface area (Å²) in [5, 5.41) is 11.0. The zero-order chi connectivity index (χ0) is 18.4. The number of carbonyl (C=O) groups is 1. The topological polar surface area (TPSA) is 79.2 Å². The minimum absolute atomic E-state index is 0.0939. The number of nitro benzene ring substituents is 1. The molecule has 0 aliphatic carbocycles. The number of non-ortho nitro benzene ring substituents is 1. The van der Waals surface area contributed by atoms with Crippen LogP contribution in [0.2, 0.25) is 0 Å². The average molecular weight is 348 g/mol. The number of benzene rings is 1. The van der Waals surface area contributed by atoms with Crippen LogP contribution in [0.25, 0.3) is 0 Å². The highest BCUT2D eigenvalue weighted by atomic mass is 16.6. The lowest BCUT2D eigenvalue weighted by Crippen LogP contribution is -2.60. The van der Waals surface area contributed by atoms with Gasteiger partial charge in [0.2, 0.25) is 0 Å². The van der Waals surface area contributed by atoms with Crippen molar-refractivity contribution >= 4 is 23.2 Å². The lowest BCUT2D eigenvalue weighted by atomic mass is 10.0. The van der Waals surface area contributed by atoms with E-state index in [9.17, 15) is 14.9 Å². The molecule has 25 heavy (non-hydrogen) atoms. The molecule has 0 radical (unpaired) electrons. The predicted octanol–water partition coefficient (Wildman–Crippen LogP) is 2.47. The molecule has 1 amide bonds. The Balaban J connectivity index is 1.79. The summed E-state index contributed by atoms with van der Waals surface area (Å²) in [5.41, 5.74) is 1.42. The zero-order valence-electron chi connectivity index (χ0n) is 15.1. The largest absolute Gasteiger partial charge is 0.444 e. The lowest BCUT2D eigenvalue weighted by molar-refractivity contribution is -0.384. The van der Waals surface area contributed by atoms with E-state index in [1.807, 2.05) is 32.7 Å². The number of likely N-dealkylation sites (N-methyl/N-ethyl adjacent to an activating group) is 1. The third kappa shape index (κ3) is 3.47. The Hall–Kier alpha value is -2.51. The maximum Gasteiger partial charge on any atom is 0.410 e. The van der Waals surface area contributed by atoms with Crippen molar-refractivity contribution in [1.82, 2.24) is 4.90 Å². The second-order valence-corrected chi connectivity index (χ2v) is 7.58. The molecule has 0 N–H and O–H groups in total. The van der Waals surface area contributed by atoms with Gasteiger partial charge in [0.15, 0.2) is 0 Å². The van der Waals surface area contributed by atoms with Gasteiger partial charge in [-0.25, -0.2) is 4.79 Å². The first-order valence-corrected chi connectivity index (χ1v) is 8.40. The van der Waals surface area contributed by atoms with E-state index in [-0.39, 0.29) is 22.7 Å². The van der Waals surface area contributed by atoms with E-state index < -0.39 is 5.60 Å². The summed E-state index contributed by atoms with van der Waals surface area (Å²) in [4.78, 5) is 29.0. The van der Waals surface area contributed by atoms with E-state index in [4.69, 9.17) is 4.74 Å². The van der Waals surface area contributed by atoms with E-state index >= 15 is 0 Å². The van der Waals surface area contributed by atoms with Crippen LogP contribution >= 0.6 is 0 Å². The van der Waals surface area contributed by atoms with Crippen molar-refractivity contribution in [3.63, 3.8) is 0 Å². The minimum Gasteiger partial charge on any atom is -0.444 e. The highest BCUT2D eigenvalue weighted by molar-refractivity contribution is 5.77. The van der Waals surface area contributed by atoms with Gasteiger partial charge in [-0.15, -0.1) is 0 Å². The maximum absolute atomic E-state index is 12.3. The van der Waals surface area contributed by atoms with Crippen LogP contribution in [-0.4, -0.2) is 60.8 Å². The Labute approximate surface area is 147 Å². The fraction of sp³-hybridized carbons (Fsp3) is 0.588. The maximum atomic E-state index is 12.3. The number of rotatable bonds is 1. The molecule has 2 aliphatic heterocycles. The van der Waals surface area contributed by atoms with Crippen molar-refractivity contribution in [3.8, 4) is 0 Å². The number of fused-ring (bicyclic) bond motifs is 3. The Morgan fingerprint density at radius 3 is 2.60 bits per heavy atom. The summed E-state index contributed by atoms with van der Waals surface area (Å²) >= 11 is 0. The van der Waals surface area contributed by atoms with Crippen molar-refractivity contribution in [2.24, 2.45) is 0 Å². The van der Waals surface area contributed by atoms with Crippen molar-refractivity contribution in [3.05, 3.63) is 28.3 Å². The number of amides is 1.